The third-order valence-corrected chi connectivity index (χ3v) is 3.03. The average Bonchev–Trinajstić information content (AvgIpc) is 2.97. The Kier molecular flexibility index (Phi) is 2.98. The Balaban J connectivity index is 1.96. The molecule has 0 unspecified atom stereocenters. The van der Waals surface area contributed by atoms with E-state index in [-0.39, 0.29) is 0 Å². The lowest BCUT2D eigenvalue weighted by molar-refractivity contribution is 1.09. The molecule has 94 valence electrons. The van der Waals surface area contributed by atoms with Gasteiger partial charge in [0.1, 0.15) is 5.82 Å². The molecule has 0 atom stereocenters. The van der Waals surface area contributed by atoms with E-state index in [1.165, 1.54) is 0 Å². The lowest BCUT2D eigenvalue weighted by atomic mass is 10.1. The van der Waals surface area contributed by atoms with Crippen molar-refractivity contribution in [3.8, 4) is 22.4 Å². The van der Waals surface area contributed by atoms with Crippen molar-refractivity contribution in [2.75, 3.05) is 12.4 Å². The summed E-state index contributed by atoms with van der Waals surface area (Å²) in [5, 5.41) is 10.0. The van der Waals surface area contributed by atoms with Crippen molar-refractivity contribution >= 4 is 5.82 Å². The number of pyridine rings is 1. The molecule has 2 heterocycles. The van der Waals surface area contributed by atoms with Gasteiger partial charge in [-0.1, -0.05) is 36.4 Å². The van der Waals surface area contributed by atoms with E-state index in [2.05, 4.69) is 38.7 Å². The summed E-state index contributed by atoms with van der Waals surface area (Å²) in [6.07, 6.45) is 3.67. The highest BCUT2D eigenvalue weighted by molar-refractivity contribution is 5.75. The fourth-order valence-corrected chi connectivity index (χ4v) is 2.03. The van der Waals surface area contributed by atoms with Gasteiger partial charge in [-0.2, -0.15) is 5.10 Å². The number of hydrogen-bond acceptors (Lipinski definition) is 3. The molecule has 0 radical (unpaired) electrons. The largest absolute Gasteiger partial charge is 0.373 e. The van der Waals surface area contributed by atoms with Gasteiger partial charge in [0.15, 0.2) is 0 Å². The van der Waals surface area contributed by atoms with Crippen LogP contribution >= 0.6 is 0 Å². The standard InChI is InChI=1S/C15H14N4/c1-16-15-13(10-18-19-15)12-7-8-14(17-9-12)11-5-3-2-4-6-11/h2-10H,1H3,(H2,16,18,19). The highest BCUT2D eigenvalue weighted by Crippen LogP contribution is 2.26. The number of benzene rings is 1. The van der Waals surface area contributed by atoms with E-state index in [0.29, 0.717) is 0 Å². The second kappa shape index (κ2) is 4.94. The molecule has 4 nitrogen and oxygen atoms in total. The highest BCUT2D eigenvalue weighted by atomic mass is 15.2. The SMILES string of the molecule is CNc1[nH]ncc1-c1ccc(-c2ccccc2)nc1. The van der Waals surface area contributed by atoms with Gasteiger partial charge in [-0.15, -0.1) is 0 Å². The minimum atomic E-state index is 0.897. The number of aromatic amines is 1. The minimum absolute atomic E-state index is 0.897. The summed E-state index contributed by atoms with van der Waals surface area (Å²) in [6, 6.07) is 14.2. The molecule has 4 heteroatoms. The molecule has 0 bridgehead atoms. The fraction of sp³-hybridized carbons (Fsp3) is 0.0667. The van der Waals surface area contributed by atoms with Crippen LogP contribution in [0.2, 0.25) is 0 Å². The normalized spacial score (nSPS) is 10.4. The Morgan fingerprint density at radius 3 is 2.47 bits per heavy atom. The highest BCUT2D eigenvalue weighted by Gasteiger charge is 2.07. The van der Waals surface area contributed by atoms with Gasteiger partial charge in [0.25, 0.3) is 0 Å². The first kappa shape index (κ1) is 11.5. The molecular formula is C15H14N4. The summed E-state index contributed by atoms with van der Waals surface area (Å²) in [5.41, 5.74) is 4.15. The predicted molar refractivity (Wildman–Crippen MR) is 76.8 cm³/mol. The van der Waals surface area contributed by atoms with Crippen LogP contribution in [0.15, 0.2) is 54.9 Å². The summed E-state index contributed by atoms with van der Waals surface area (Å²) in [6.45, 7) is 0. The summed E-state index contributed by atoms with van der Waals surface area (Å²) >= 11 is 0. The molecule has 0 saturated heterocycles. The third kappa shape index (κ3) is 2.20. The number of nitrogens with one attached hydrogen (secondary N) is 2. The zero-order valence-corrected chi connectivity index (χ0v) is 10.6. The Morgan fingerprint density at radius 2 is 1.79 bits per heavy atom. The Morgan fingerprint density at radius 1 is 0.947 bits per heavy atom. The van der Waals surface area contributed by atoms with E-state index in [4.69, 9.17) is 0 Å². The number of aromatic nitrogens is 3. The van der Waals surface area contributed by atoms with Gasteiger partial charge in [-0.05, 0) is 6.07 Å². The fourth-order valence-electron chi connectivity index (χ4n) is 2.03. The quantitative estimate of drug-likeness (QED) is 0.750. The molecule has 0 amide bonds. The first-order valence-corrected chi connectivity index (χ1v) is 6.11. The molecular weight excluding hydrogens is 236 g/mol. The topological polar surface area (TPSA) is 53.6 Å². The smallest absolute Gasteiger partial charge is 0.129 e. The van der Waals surface area contributed by atoms with Crippen LogP contribution in [-0.4, -0.2) is 22.2 Å². The lowest BCUT2D eigenvalue weighted by Gasteiger charge is -2.04. The number of nitrogens with zero attached hydrogens (tertiary/aromatic N) is 2. The van der Waals surface area contributed by atoms with Gasteiger partial charge in [-0.25, -0.2) is 0 Å². The predicted octanol–water partition coefficient (Wildman–Crippen LogP) is 3.18. The van der Waals surface area contributed by atoms with E-state index < -0.39 is 0 Å². The average molecular weight is 250 g/mol. The van der Waals surface area contributed by atoms with Crippen molar-refractivity contribution in [2.45, 2.75) is 0 Å². The van der Waals surface area contributed by atoms with Crippen LogP contribution in [0, 0.1) is 0 Å². The second-order valence-corrected chi connectivity index (χ2v) is 4.21. The minimum Gasteiger partial charge on any atom is -0.373 e. The maximum atomic E-state index is 4.51. The maximum Gasteiger partial charge on any atom is 0.129 e. The van der Waals surface area contributed by atoms with Crippen LogP contribution in [0.5, 0.6) is 0 Å². The first-order valence-electron chi connectivity index (χ1n) is 6.11. The van der Waals surface area contributed by atoms with Crippen LogP contribution in [0.4, 0.5) is 5.82 Å². The van der Waals surface area contributed by atoms with Crippen LogP contribution < -0.4 is 5.32 Å². The van der Waals surface area contributed by atoms with Gasteiger partial charge >= 0.3 is 0 Å². The molecule has 0 aliphatic heterocycles. The van der Waals surface area contributed by atoms with Crippen molar-refractivity contribution in [3.63, 3.8) is 0 Å². The van der Waals surface area contributed by atoms with Crippen molar-refractivity contribution in [1.82, 2.24) is 15.2 Å². The molecule has 0 aliphatic carbocycles. The first-order chi connectivity index (χ1) is 9.38. The maximum absolute atomic E-state index is 4.51. The lowest BCUT2D eigenvalue weighted by Crippen LogP contribution is -1.91. The molecule has 0 spiro atoms. The zero-order valence-electron chi connectivity index (χ0n) is 10.6. The van der Waals surface area contributed by atoms with Gasteiger partial charge in [0.05, 0.1) is 11.9 Å². The summed E-state index contributed by atoms with van der Waals surface area (Å²) in [7, 11) is 1.86. The van der Waals surface area contributed by atoms with Crippen LogP contribution in [0.3, 0.4) is 0 Å². The number of rotatable bonds is 3. The molecule has 2 aromatic heterocycles. The zero-order chi connectivity index (χ0) is 13.1. The van der Waals surface area contributed by atoms with E-state index in [0.717, 1.165) is 28.2 Å². The Hall–Kier alpha value is -2.62. The van der Waals surface area contributed by atoms with E-state index in [1.54, 1.807) is 6.20 Å². The van der Waals surface area contributed by atoms with Gasteiger partial charge in [-0.3, -0.25) is 10.1 Å². The van der Waals surface area contributed by atoms with Crippen molar-refractivity contribution in [1.29, 1.82) is 0 Å². The molecule has 0 fully saturated rings. The molecule has 3 rings (SSSR count). The van der Waals surface area contributed by atoms with Gasteiger partial charge in [0, 0.05) is 29.9 Å². The Bertz CT molecular complexity index is 656. The molecule has 1 aromatic carbocycles. The Labute approximate surface area is 111 Å². The molecule has 0 aliphatic rings. The third-order valence-electron chi connectivity index (χ3n) is 3.03. The molecule has 0 saturated carbocycles. The second-order valence-electron chi connectivity index (χ2n) is 4.21. The van der Waals surface area contributed by atoms with E-state index >= 15 is 0 Å². The summed E-state index contributed by atoms with van der Waals surface area (Å²) in [4.78, 5) is 4.51. The number of hydrogen-bond donors (Lipinski definition) is 2. The van der Waals surface area contributed by atoms with E-state index in [1.807, 2.05) is 37.5 Å². The van der Waals surface area contributed by atoms with Gasteiger partial charge in [0.2, 0.25) is 0 Å². The summed E-state index contributed by atoms with van der Waals surface area (Å²) in [5.74, 6) is 0.897. The van der Waals surface area contributed by atoms with Gasteiger partial charge < -0.3 is 5.32 Å². The molecule has 19 heavy (non-hydrogen) atoms. The van der Waals surface area contributed by atoms with E-state index in [9.17, 15) is 0 Å². The van der Waals surface area contributed by atoms with Crippen molar-refractivity contribution < 1.29 is 0 Å². The monoisotopic (exact) mass is 250 g/mol. The summed E-state index contributed by atoms with van der Waals surface area (Å²) < 4.78 is 0. The van der Waals surface area contributed by atoms with Crippen molar-refractivity contribution in [3.05, 3.63) is 54.9 Å². The molecule has 3 aromatic rings. The number of H-pyrrole nitrogens is 1. The van der Waals surface area contributed by atoms with Crippen LogP contribution in [-0.2, 0) is 0 Å². The van der Waals surface area contributed by atoms with Crippen LogP contribution in [0.25, 0.3) is 22.4 Å². The number of anilines is 1. The molecule has 2 N–H and O–H groups in total. The van der Waals surface area contributed by atoms with Crippen molar-refractivity contribution in [2.24, 2.45) is 0 Å². The van der Waals surface area contributed by atoms with Crippen LogP contribution in [0.1, 0.15) is 0 Å².